The predicted molar refractivity (Wildman–Crippen MR) is 72.1 cm³/mol. The van der Waals surface area contributed by atoms with E-state index in [1.54, 1.807) is 4.90 Å². The molecule has 1 aliphatic heterocycles. The lowest BCUT2D eigenvalue weighted by Gasteiger charge is -2.28. The second-order valence-electron chi connectivity index (χ2n) is 4.21. The molecule has 1 heterocycles. The fourth-order valence-corrected chi connectivity index (χ4v) is 2.42. The minimum absolute atomic E-state index is 0.0315. The second kappa shape index (κ2) is 5.08. The van der Waals surface area contributed by atoms with Gasteiger partial charge in [0.05, 0.1) is 5.69 Å². The zero-order valence-corrected chi connectivity index (χ0v) is 11.7. The molecular formula is C13H16BrNO2. The molecule has 0 saturated heterocycles. The number of ether oxygens (including phenoxy) is 1. The van der Waals surface area contributed by atoms with Gasteiger partial charge in [-0.1, -0.05) is 28.9 Å². The first-order valence-electron chi connectivity index (χ1n) is 5.82. The molecule has 0 aromatic heterocycles. The van der Waals surface area contributed by atoms with E-state index in [2.05, 4.69) is 28.9 Å². The molecular weight excluding hydrogens is 282 g/mol. The number of anilines is 1. The quantitative estimate of drug-likeness (QED) is 0.803. The number of likely N-dealkylation sites (N-methyl/N-ethyl adjacent to an activating group) is 1. The zero-order valence-electron chi connectivity index (χ0n) is 10.1. The average Bonchev–Trinajstić information content (AvgIpc) is 2.28. The summed E-state index contributed by atoms with van der Waals surface area (Å²) in [6.45, 7) is 4.92. The monoisotopic (exact) mass is 297 g/mol. The van der Waals surface area contributed by atoms with Crippen LogP contribution in [0.1, 0.15) is 19.4 Å². The number of alkyl halides is 1. The van der Waals surface area contributed by atoms with Crippen LogP contribution < -0.4 is 9.64 Å². The summed E-state index contributed by atoms with van der Waals surface area (Å²) in [5.74, 6) is 0.835. The Morgan fingerprint density at radius 1 is 1.53 bits per heavy atom. The molecule has 4 heteroatoms. The van der Waals surface area contributed by atoms with Crippen molar-refractivity contribution in [2.45, 2.75) is 25.1 Å². The number of hydrogen-bond donors (Lipinski definition) is 0. The Balaban J connectivity index is 2.34. The number of fused-ring (bicyclic) bond motifs is 1. The van der Waals surface area contributed by atoms with Gasteiger partial charge in [-0.3, -0.25) is 4.79 Å². The van der Waals surface area contributed by atoms with E-state index in [1.165, 1.54) is 5.56 Å². The van der Waals surface area contributed by atoms with Gasteiger partial charge in [0, 0.05) is 11.4 Å². The number of nitrogens with zero attached hydrogens (tertiary/aromatic N) is 1. The molecule has 0 N–H and O–H groups in total. The summed E-state index contributed by atoms with van der Waals surface area (Å²) in [6.07, 6.45) is 0.943. The Kier molecular flexibility index (Phi) is 3.72. The highest BCUT2D eigenvalue weighted by molar-refractivity contribution is 9.09. The molecule has 3 nitrogen and oxygen atoms in total. The van der Waals surface area contributed by atoms with E-state index in [0.29, 0.717) is 11.4 Å². The molecule has 92 valence electrons. The largest absolute Gasteiger partial charge is 0.482 e. The fourth-order valence-electron chi connectivity index (χ4n) is 2.05. The van der Waals surface area contributed by atoms with Crippen LogP contribution in [0.5, 0.6) is 5.75 Å². The summed E-state index contributed by atoms with van der Waals surface area (Å²) in [7, 11) is 0. The zero-order chi connectivity index (χ0) is 12.4. The van der Waals surface area contributed by atoms with Gasteiger partial charge in [0.15, 0.2) is 6.61 Å². The fraction of sp³-hybridized carbons (Fsp3) is 0.462. The third kappa shape index (κ3) is 2.63. The minimum Gasteiger partial charge on any atom is -0.482 e. The maximum absolute atomic E-state index is 11.7. The highest BCUT2D eigenvalue weighted by atomic mass is 79.9. The topological polar surface area (TPSA) is 29.5 Å². The van der Waals surface area contributed by atoms with E-state index < -0.39 is 0 Å². The van der Waals surface area contributed by atoms with Crippen LogP contribution >= 0.6 is 15.9 Å². The van der Waals surface area contributed by atoms with Crippen molar-refractivity contribution in [1.82, 2.24) is 0 Å². The number of rotatable bonds is 3. The number of carbonyl (C=O) groups excluding carboxylic acids is 1. The van der Waals surface area contributed by atoms with Gasteiger partial charge >= 0.3 is 0 Å². The maximum Gasteiger partial charge on any atom is 0.265 e. The third-order valence-electron chi connectivity index (χ3n) is 2.80. The molecule has 1 aliphatic rings. The molecule has 0 saturated carbocycles. The molecule has 2 rings (SSSR count). The molecule has 0 spiro atoms. The molecule has 17 heavy (non-hydrogen) atoms. The van der Waals surface area contributed by atoms with Crippen molar-refractivity contribution in [1.29, 1.82) is 0 Å². The van der Waals surface area contributed by atoms with Gasteiger partial charge in [0.1, 0.15) is 5.75 Å². The SMILES string of the molecule is CCN1C(=O)COc2ccc(CC(C)Br)cc21. The van der Waals surface area contributed by atoms with Crippen molar-refractivity contribution in [3.8, 4) is 5.75 Å². The molecule has 0 bridgehead atoms. The van der Waals surface area contributed by atoms with Crippen molar-refractivity contribution >= 4 is 27.5 Å². The molecule has 1 unspecified atom stereocenters. The standard InChI is InChI=1S/C13H16BrNO2/c1-3-15-11-7-10(6-9(2)14)4-5-12(11)17-8-13(15)16/h4-5,7,9H,3,6,8H2,1-2H3. The van der Waals surface area contributed by atoms with E-state index in [4.69, 9.17) is 4.74 Å². The average molecular weight is 298 g/mol. The van der Waals surface area contributed by atoms with Crippen LogP contribution in [0.15, 0.2) is 18.2 Å². The second-order valence-corrected chi connectivity index (χ2v) is 5.78. The Morgan fingerprint density at radius 2 is 2.29 bits per heavy atom. The van der Waals surface area contributed by atoms with Gasteiger partial charge in [0.25, 0.3) is 5.91 Å². The van der Waals surface area contributed by atoms with Crippen molar-refractivity contribution in [2.75, 3.05) is 18.1 Å². The normalized spacial score (nSPS) is 16.4. The first-order chi connectivity index (χ1) is 8.11. The summed E-state index contributed by atoms with van der Waals surface area (Å²) in [6, 6.07) is 6.06. The molecule has 1 aromatic carbocycles. The Bertz CT molecular complexity index is 431. The number of benzene rings is 1. The molecule has 1 atom stereocenters. The van der Waals surface area contributed by atoms with Crippen LogP contribution in [0, 0.1) is 0 Å². The number of amides is 1. The number of halogens is 1. The highest BCUT2D eigenvalue weighted by Gasteiger charge is 2.24. The summed E-state index contributed by atoms with van der Waals surface area (Å²) < 4.78 is 5.42. The van der Waals surface area contributed by atoms with E-state index in [9.17, 15) is 4.79 Å². The molecule has 0 aliphatic carbocycles. The lowest BCUT2D eigenvalue weighted by molar-refractivity contribution is -0.121. The lowest BCUT2D eigenvalue weighted by Crippen LogP contribution is -2.38. The first-order valence-corrected chi connectivity index (χ1v) is 6.73. The number of carbonyl (C=O) groups is 1. The van der Waals surface area contributed by atoms with Crippen LogP contribution in [0.3, 0.4) is 0 Å². The van der Waals surface area contributed by atoms with Crippen LogP contribution in [0.2, 0.25) is 0 Å². The van der Waals surface area contributed by atoms with Crippen LogP contribution in [0.25, 0.3) is 0 Å². The van der Waals surface area contributed by atoms with Crippen molar-refractivity contribution in [2.24, 2.45) is 0 Å². The van der Waals surface area contributed by atoms with Gasteiger partial charge in [-0.2, -0.15) is 0 Å². The summed E-state index contributed by atoms with van der Waals surface area (Å²) >= 11 is 3.54. The van der Waals surface area contributed by atoms with Crippen molar-refractivity contribution in [3.05, 3.63) is 23.8 Å². The van der Waals surface area contributed by atoms with Gasteiger partial charge in [-0.15, -0.1) is 0 Å². The molecule has 1 amide bonds. The van der Waals surface area contributed by atoms with E-state index in [1.807, 2.05) is 19.1 Å². The molecule has 0 fully saturated rings. The lowest BCUT2D eigenvalue weighted by atomic mass is 10.1. The Labute approximate surface area is 110 Å². The van der Waals surface area contributed by atoms with E-state index >= 15 is 0 Å². The van der Waals surface area contributed by atoms with Gasteiger partial charge in [0.2, 0.25) is 0 Å². The maximum atomic E-state index is 11.7. The molecule has 1 aromatic rings. The first kappa shape index (κ1) is 12.4. The number of hydrogen-bond acceptors (Lipinski definition) is 2. The summed E-state index contributed by atoms with van der Waals surface area (Å²) in [5.41, 5.74) is 2.11. The molecule has 0 radical (unpaired) electrons. The van der Waals surface area contributed by atoms with Crippen LogP contribution in [0.4, 0.5) is 5.69 Å². The van der Waals surface area contributed by atoms with Gasteiger partial charge in [-0.25, -0.2) is 0 Å². The third-order valence-corrected chi connectivity index (χ3v) is 3.12. The van der Waals surface area contributed by atoms with Crippen LogP contribution in [-0.4, -0.2) is 23.9 Å². The van der Waals surface area contributed by atoms with Crippen molar-refractivity contribution < 1.29 is 9.53 Å². The Morgan fingerprint density at radius 3 is 2.94 bits per heavy atom. The van der Waals surface area contributed by atoms with Gasteiger partial charge in [-0.05, 0) is 31.0 Å². The van der Waals surface area contributed by atoms with E-state index in [-0.39, 0.29) is 12.5 Å². The summed E-state index contributed by atoms with van der Waals surface area (Å²) in [5, 5.41) is 0. The predicted octanol–water partition coefficient (Wildman–Crippen LogP) is 2.76. The van der Waals surface area contributed by atoms with Gasteiger partial charge < -0.3 is 9.64 Å². The Hall–Kier alpha value is -1.03. The summed E-state index contributed by atoms with van der Waals surface area (Å²) in [4.78, 5) is 13.9. The minimum atomic E-state index is 0.0315. The van der Waals surface area contributed by atoms with Crippen LogP contribution in [-0.2, 0) is 11.2 Å². The van der Waals surface area contributed by atoms with Crippen molar-refractivity contribution in [3.63, 3.8) is 0 Å². The smallest absolute Gasteiger partial charge is 0.265 e. The highest BCUT2D eigenvalue weighted by Crippen LogP contribution is 2.33. The van der Waals surface area contributed by atoms with E-state index in [0.717, 1.165) is 17.9 Å².